The molecule has 2 aliphatic carbocycles. The van der Waals surface area contributed by atoms with Crippen molar-refractivity contribution in [2.75, 3.05) is 13.2 Å². The average Bonchev–Trinajstić information content (AvgIpc) is 3.46. The number of halogens is 1. The highest BCUT2D eigenvalue weighted by Crippen LogP contribution is 2.61. The van der Waals surface area contributed by atoms with Crippen LogP contribution in [-0.4, -0.2) is 41.6 Å². The number of nitrogens with zero attached hydrogens (tertiary/aromatic N) is 1. The predicted molar refractivity (Wildman–Crippen MR) is 111 cm³/mol. The monoisotopic (exact) mass is 435 g/mol. The van der Waals surface area contributed by atoms with E-state index in [-0.39, 0.29) is 47.0 Å². The zero-order valence-corrected chi connectivity index (χ0v) is 17.3. The Bertz CT molecular complexity index is 1080. The van der Waals surface area contributed by atoms with Crippen LogP contribution in [0.2, 0.25) is 0 Å². The van der Waals surface area contributed by atoms with E-state index in [1.54, 1.807) is 0 Å². The zero-order valence-electron chi connectivity index (χ0n) is 17.3. The quantitative estimate of drug-likeness (QED) is 0.396. The van der Waals surface area contributed by atoms with Crippen molar-refractivity contribution in [1.82, 2.24) is 4.90 Å². The molecule has 0 aromatic heterocycles. The first-order valence-electron chi connectivity index (χ1n) is 10.8. The zero-order chi connectivity index (χ0) is 22.4. The molecule has 32 heavy (non-hydrogen) atoms. The molecular formula is C25H22FNO5. The Morgan fingerprint density at radius 3 is 2.34 bits per heavy atom. The van der Waals surface area contributed by atoms with Crippen LogP contribution >= 0.6 is 0 Å². The molecule has 2 bridgehead atoms. The van der Waals surface area contributed by atoms with Gasteiger partial charge in [0.05, 0.1) is 11.8 Å². The number of esters is 1. The number of ketones is 1. The second-order valence-electron chi connectivity index (χ2n) is 8.82. The minimum absolute atomic E-state index is 0.102. The van der Waals surface area contributed by atoms with Crippen molar-refractivity contribution in [3.63, 3.8) is 0 Å². The number of rotatable bonds is 6. The van der Waals surface area contributed by atoms with E-state index in [9.17, 15) is 23.6 Å². The maximum atomic E-state index is 13.1. The Morgan fingerprint density at radius 1 is 0.938 bits per heavy atom. The number of imide groups is 1. The Balaban J connectivity index is 1.22. The smallest absolute Gasteiger partial charge is 0.326 e. The van der Waals surface area contributed by atoms with Crippen molar-refractivity contribution in [1.29, 1.82) is 0 Å². The Morgan fingerprint density at radius 2 is 1.62 bits per heavy atom. The molecule has 0 radical (unpaired) electrons. The molecule has 2 aromatic rings. The van der Waals surface area contributed by atoms with Gasteiger partial charge in [-0.05, 0) is 60.4 Å². The van der Waals surface area contributed by atoms with Gasteiger partial charge in [-0.2, -0.15) is 0 Å². The maximum absolute atomic E-state index is 13.1. The van der Waals surface area contributed by atoms with Gasteiger partial charge in [0.25, 0.3) is 0 Å². The first kappa shape index (κ1) is 20.5. The molecule has 3 fully saturated rings. The van der Waals surface area contributed by atoms with Crippen LogP contribution in [0.4, 0.5) is 4.39 Å². The summed E-state index contributed by atoms with van der Waals surface area (Å²) >= 11 is 0. The molecule has 5 atom stereocenters. The van der Waals surface area contributed by atoms with Crippen molar-refractivity contribution >= 4 is 23.6 Å². The summed E-state index contributed by atoms with van der Waals surface area (Å²) < 4.78 is 18.0. The lowest BCUT2D eigenvalue weighted by Gasteiger charge is -2.28. The van der Waals surface area contributed by atoms with Crippen LogP contribution in [0.5, 0.6) is 0 Å². The van der Waals surface area contributed by atoms with E-state index in [0.717, 1.165) is 29.9 Å². The molecule has 0 spiro atoms. The third-order valence-corrected chi connectivity index (χ3v) is 7.15. The topological polar surface area (TPSA) is 80.8 Å². The highest BCUT2D eigenvalue weighted by molar-refractivity contribution is 6.08. The molecule has 1 aliphatic heterocycles. The molecule has 164 valence electrons. The predicted octanol–water partition coefficient (Wildman–Crippen LogP) is 2.98. The van der Waals surface area contributed by atoms with E-state index in [4.69, 9.17) is 4.74 Å². The normalized spacial score (nSPS) is 28.2. The second-order valence-corrected chi connectivity index (χ2v) is 8.82. The van der Waals surface area contributed by atoms with Gasteiger partial charge in [-0.25, -0.2) is 4.39 Å². The van der Waals surface area contributed by atoms with Crippen molar-refractivity contribution in [3.8, 4) is 0 Å². The number of carbonyl (C=O) groups is 4. The van der Waals surface area contributed by atoms with Gasteiger partial charge in [0, 0.05) is 5.56 Å². The van der Waals surface area contributed by atoms with Crippen molar-refractivity contribution in [2.24, 2.45) is 23.7 Å². The molecule has 6 nitrogen and oxygen atoms in total. The summed E-state index contributed by atoms with van der Waals surface area (Å²) in [6.07, 6.45) is 1.73. The molecule has 5 rings (SSSR count). The molecular weight excluding hydrogens is 413 g/mol. The van der Waals surface area contributed by atoms with E-state index in [0.29, 0.717) is 0 Å². The van der Waals surface area contributed by atoms with Gasteiger partial charge < -0.3 is 4.74 Å². The van der Waals surface area contributed by atoms with Crippen LogP contribution in [0, 0.1) is 29.5 Å². The summed E-state index contributed by atoms with van der Waals surface area (Å²) in [7, 11) is 0. The largest absolute Gasteiger partial charge is 0.456 e. The maximum Gasteiger partial charge on any atom is 0.326 e. The fraction of sp³-hybridized carbons (Fsp3) is 0.360. The van der Waals surface area contributed by atoms with Crippen LogP contribution < -0.4 is 0 Å². The number of carbonyl (C=O) groups excluding carboxylic acids is 4. The van der Waals surface area contributed by atoms with Gasteiger partial charge in [0.1, 0.15) is 12.4 Å². The summed E-state index contributed by atoms with van der Waals surface area (Å²) in [5, 5.41) is 0. The molecule has 3 aliphatic rings. The standard InChI is InChI=1S/C25H22FNO5/c26-17-8-6-15(7-9-17)20(28)13-32-21(29)12-27-24(30)22-16-10-18(14-4-2-1-3-5-14)19(11-16)23(22)25(27)31/h1-9,16,18-19,22-23H,10-13H2/t16-,18-,19+,22-,23-/m1/s1. The number of hydrogen-bond acceptors (Lipinski definition) is 5. The Kier molecular flexibility index (Phi) is 5.12. The summed E-state index contributed by atoms with van der Waals surface area (Å²) in [5.74, 6) is -2.64. The lowest BCUT2D eigenvalue weighted by Crippen LogP contribution is -2.38. The fourth-order valence-electron chi connectivity index (χ4n) is 5.80. The molecule has 2 saturated carbocycles. The lowest BCUT2D eigenvalue weighted by molar-refractivity contribution is -0.152. The van der Waals surface area contributed by atoms with E-state index in [1.165, 1.54) is 17.7 Å². The van der Waals surface area contributed by atoms with Crippen molar-refractivity contribution in [2.45, 2.75) is 18.8 Å². The highest BCUT2D eigenvalue weighted by Gasteiger charge is 2.64. The summed E-state index contributed by atoms with van der Waals surface area (Å²) in [6.45, 7) is -1.02. The minimum atomic E-state index is -0.811. The third kappa shape index (κ3) is 3.42. The number of fused-ring (bicyclic) bond motifs is 5. The highest BCUT2D eigenvalue weighted by atomic mass is 19.1. The van der Waals surface area contributed by atoms with Gasteiger partial charge in [-0.15, -0.1) is 0 Å². The number of hydrogen-bond donors (Lipinski definition) is 0. The minimum Gasteiger partial charge on any atom is -0.456 e. The van der Waals surface area contributed by atoms with E-state index in [1.807, 2.05) is 18.2 Å². The number of amides is 2. The fourth-order valence-corrected chi connectivity index (χ4v) is 5.80. The third-order valence-electron chi connectivity index (χ3n) is 7.15. The molecule has 2 amide bonds. The van der Waals surface area contributed by atoms with Gasteiger partial charge in [-0.1, -0.05) is 30.3 Å². The first-order valence-corrected chi connectivity index (χ1v) is 10.8. The van der Waals surface area contributed by atoms with Gasteiger partial charge >= 0.3 is 5.97 Å². The SMILES string of the molecule is O=C(CN1C(=O)[C@@H]2[C@H]3C[C@H]([C@H]2C1=O)[C@@H](c1ccccc1)C3)OCC(=O)c1ccc(F)cc1. The summed E-state index contributed by atoms with van der Waals surface area (Å²) in [5.41, 5.74) is 1.40. The molecule has 2 aromatic carbocycles. The van der Waals surface area contributed by atoms with Gasteiger partial charge in [0.15, 0.2) is 12.4 Å². The van der Waals surface area contributed by atoms with Crippen molar-refractivity contribution in [3.05, 3.63) is 71.5 Å². The number of Topliss-reactive ketones (excluding diaryl/α,β-unsaturated/α-hetero) is 1. The van der Waals surface area contributed by atoms with Gasteiger partial charge in [0.2, 0.25) is 11.8 Å². The molecule has 0 N–H and O–H groups in total. The summed E-state index contributed by atoms with van der Waals surface area (Å²) in [4.78, 5) is 51.4. The van der Waals surface area contributed by atoms with Crippen LogP contribution in [0.25, 0.3) is 0 Å². The van der Waals surface area contributed by atoms with Crippen LogP contribution in [-0.2, 0) is 19.1 Å². The Hall–Kier alpha value is -3.35. The number of ether oxygens (including phenoxy) is 1. The van der Waals surface area contributed by atoms with Crippen LogP contribution in [0.15, 0.2) is 54.6 Å². The molecule has 1 saturated heterocycles. The Labute approximate surface area is 184 Å². The van der Waals surface area contributed by atoms with Gasteiger partial charge in [-0.3, -0.25) is 24.1 Å². The average molecular weight is 435 g/mol. The van der Waals surface area contributed by atoms with Crippen LogP contribution in [0.1, 0.15) is 34.7 Å². The molecule has 1 heterocycles. The second kappa shape index (κ2) is 7.97. The van der Waals surface area contributed by atoms with E-state index >= 15 is 0 Å². The van der Waals surface area contributed by atoms with Crippen molar-refractivity contribution < 1.29 is 28.3 Å². The van der Waals surface area contributed by atoms with E-state index < -0.39 is 30.7 Å². The summed E-state index contributed by atoms with van der Waals surface area (Å²) in [6, 6.07) is 14.9. The number of benzene rings is 2. The number of likely N-dealkylation sites (tertiary alicyclic amines) is 1. The lowest BCUT2D eigenvalue weighted by atomic mass is 9.73. The molecule has 7 heteroatoms. The van der Waals surface area contributed by atoms with Crippen LogP contribution in [0.3, 0.4) is 0 Å². The molecule has 0 unspecified atom stereocenters. The first-order chi connectivity index (χ1) is 15.4. The van der Waals surface area contributed by atoms with E-state index in [2.05, 4.69) is 12.1 Å².